The van der Waals surface area contributed by atoms with Crippen molar-refractivity contribution in [2.24, 2.45) is 0 Å². The van der Waals surface area contributed by atoms with E-state index in [1.807, 2.05) is 0 Å². The van der Waals surface area contributed by atoms with E-state index in [2.05, 4.69) is 25.9 Å². The molecule has 31 heavy (non-hydrogen) atoms. The Labute approximate surface area is 180 Å². The highest BCUT2D eigenvalue weighted by molar-refractivity contribution is 6.20. The van der Waals surface area contributed by atoms with Crippen LogP contribution in [0.4, 0.5) is 25.1 Å². The first-order valence-electron chi connectivity index (χ1n) is 8.66. The van der Waals surface area contributed by atoms with E-state index >= 15 is 0 Å². The van der Waals surface area contributed by atoms with Crippen LogP contribution < -0.4 is 20.9 Å². The third-order valence-corrected chi connectivity index (χ3v) is 3.80. The van der Waals surface area contributed by atoms with Crippen molar-refractivity contribution in [2.75, 3.05) is 18.9 Å². The summed E-state index contributed by atoms with van der Waals surface area (Å²) in [5.74, 6) is -1.30. The first kappa shape index (κ1) is 23.6. The molecule has 0 aliphatic carbocycles. The lowest BCUT2D eigenvalue weighted by Crippen LogP contribution is -2.43. The molecule has 1 aromatic carbocycles. The van der Waals surface area contributed by atoms with Crippen molar-refractivity contribution < 1.29 is 33.0 Å². The van der Waals surface area contributed by atoms with Crippen molar-refractivity contribution >= 4 is 41.0 Å². The number of carbonyl (C=O) groups excluding carboxylic acids is 2. The monoisotopic (exact) mass is 457 g/mol. The van der Waals surface area contributed by atoms with E-state index in [9.17, 15) is 23.2 Å². The topological polar surface area (TPSA) is 133 Å². The molecule has 0 atom stereocenters. The molecule has 0 bridgehead atoms. The van der Waals surface area contributed by atoms with Crippen LogP contribution in [0.2, 0.25) is 0 Å². The fourth-order valence-corrected chi connectivity index (χ4v) is 2.28. The second-order valence-corrected chi connectivity index (χ2v) is 6.49. The van der Waals surface area contributed by atoms with Crippen molar-refractivity contribution in [3.05, 3.63) is 48.2 Å². The van der Waals surface area contributed by atoms with Crippen molar-refractivity contribution in [3.63, 3.8) is 0 Å². The van der Waals surface area contributed by atoms with Gasteiger partial charge in [0.2, 0.25) is 5.91 Å². The van der Waals surface area contributed by atoms with Crippen LogP contribution in [-0.4, -0.2) is 52.1 Å². The minimum absolute atomic E-state index is 0.0495. The van der Waals surface area contributed by atoms with Crippen molar-refractivity contribution in [1.82, 2.24) is 20.7 Å². The second kappa shape index (κ2) is 10.4. The van der Waals surface area contributed by atoms with Gasteiger partial charge in [0.1, 0.15) is 11.6 Å². The number of carboxylic acid groups (broad SMARTS) is 1. The minimum atomic E-state index is -3.84. The van der Waals surface area contributed by atoms with E-state index in [0.29, 0.717) is 5.69 Å². The molecule has 4 N–H and O–H groups in total. The molecular formula is C18H18ClF2N5O5. The van der Waals surface area contributed by atoms with Gasteiger partial charge >= 0.3 is 11.7 Å². The highest BCUT2D eigenvalue weighted by atomic mass is 35.5. The van der Waals surface area contributed by atoms with Crippen molar-refractivity contribution in [3.8, 4) is 5.75 Å². The van der Waals surface area contributed by atoms with Gasteiger partial charge in [0.15, 0.2) is 0 Å². The van der Waals surface area contributed by atoms with Gasteiger partial charge in [0, 0.05) is 43.5 Å². The molecule has 2 rings (SSSR count). The average molecular weight is 458 g/mol. The number of pyridine rings is 1. The van der Waals surface area contributed by atoms with Gasteiger partial charge in [-0.2, -0.15) is 0 Å². The predicted octanol–water partition coefficient (Wildman–Crippen LogP) is 2.75. The zero-order valence-corrected chi connectivity index (χ0v) is 16.8. The highest BCUT2D eigenvalue weighted by Crippen LogP contribution is 2.27. The number of alkyl halides is 3. The van der Waals surface area contributed by atoms with E-state index in [0.717, 1.165) is 4.90 Å². The fraction of sp³-hybridized carbons (Fsp3) is 0.222. The number of anilines is 2. The van der Waals surface area contributed by atoms with Crippen molar-refractivity contribution in [1.29, 1.82) is 0 Å². The molecule has 166 valence electrons. The van der Waals surface area contributed by atoms with E-state index in [1.165, 1.54) is 49.6 Å². The Morgan fingerprint density at radius 2 is 1.87 bits per heavy atom. The molecule has 0 saturated carbocycles. The summed E-state index contributed by atoms with van der Waals surface area (Å²) < 4.78 is 29.5. The lowest BCUT2D eigenvalue weighted by Gasteiger charge is -2.14. The summed E-state index contributed by atoms with van der Waals surface area (Å²) in [6.45, 7) is -0.0495. The number of amides is 3. The Bertz CT molecular complexity index is 940. The average Bonchev–Trinajstić information content (AvgIpc) is 2.70. The first-order chi connectivity index (χ1) is 14.5. The third-order valence-electron chi connectivity index (χ3n) is 3.72. The summed E-state index contributed by atoms with van der Waals surface area (Å²) in [5, 5.41) is 11.6. The van der Waals surface area contributed by atoms with Crippen LogP contribution in [0, 0.1) is 0 Å². The van der Waals surface area contributed by atoms with Crippen molar-refractivity contribution in [2.45, 2.75) is 12.0 Å². The van der Waals surface area contributed by atoms with E-state index in [1.54, 1.807) is 0 Å². The third kappa shape index (κ3) is 7.93. The van der Waals surface area contributed by atoms with Crippen LogP contribution in [0.1, 0.15) is 16.8 Å². The maximum absolute atomic E-state index is 12.7. The molecule has 1 aromatic heterocycles. The quantitative estimate of drug-likeness (QED) is 0.354. The summed E-state index contributed by atoms with van der Waals surface area (Å²) in [6.07, 6.45) is 0.0842. The maximum Gasteiger partial charge on any atom is 0.487 e. The van der Waals surface area contributed by atoms with Gasteiger partial charge in [-0.25, -0.2) is 9.78 Å². The molecule has 0 aliphatic rings. The summed E-state index contributed by atoms with van der Waals surface area (Å²) in [7, 11) is 1.31. The van der Waals surface area contributed by atoms with Gasteiger partial charge in [0.25, 0.3) is 5.91 Å². The van der Waals surface area contributed by atoms with Gasteiger partial charge in [-0.15, -0.1) is 8.78 Å². The normalized spacial score (nSPS) is 10.7. The lowest BCUT2D eigenvalue weighted by atomic mass is 10.2. The second-order valence-electron chi connectivity index (χ2n) is 6.05. The van der Waals surface area contributed by atoms with E-state index in [-0.39, 0.29) is 30.1 Å². The number of hydrogen-bond donors (Lipinski definition) is 4. The molecule has 1 heterocycles. The van der Waals surface area contributed by atoms with Crippen LogP contribution in [-0.2, 0) is 4.79 Å². The van der Waals surface area contributed by atoms with Crippen LogP contribution in [0.25, 0.3) is 0 Å². The number of benzene rings is 1. The standard InChI is InChI=1S/C18H18ClF2N5O5/c1-26(17(29)30)10-8-14(27)24-25-16(28)13-3-2-9-22-15(13)23-11-4-6-12(7-5-11)31-18(19,20)21/h2-7,9H,8,10H2,1H3,(H,22,23)(H,24,27)(H,25,28)(H,29,30). The molecule has 13 heteroatoms. The number of aromatic nitrogens is 1. The number of halogens is 3. The summed E-state index contributed by atoms with van der Waals surface area (Å²) in [5.41, 5.74) is 1.05. The zero-order valence-electron chi connectivity index (χ0n) is 16.1. The highest BCUT2D eigenvalue weighted by Gasteiger charge is 2.27. The summed E-state index contributed by atoms with van der Waals surface area (Å²) in [4.78, 5) is 39.8. The van der Waals surface area contributed by atoms with Gasteiger partial charge in [-0.05, 0) is 36.4 Å². The number of hydrogen-bond acceptors (Lipinski definition) is 6. The summed E-state index contributed by atoms with van der Waals surface area (Å²) >= 11 is 4.71. The zero-order chi connectivity index (χ0) is 23.0. The Hall–Kier alpha value is -3.67. The van der Waals surface area contributed by atoms with Gasteiger partial charge < -0.3 is 20.1 Å². The number of nitrogens with zero attached hydrogens (tertiary/aromatic N) is 2. The Kier molecular flexibility index (Phi) is 7.91. The molecule has 0 radical (unpaired) electrons. The molecule has 0 fully saturated rings. The lowest BCUT2D eigenvalue weighted by molar-refractivity contribution is -0.122. The Morgan fingerprint density at radius 3 is 2.48 bits per heavy atom. The van der Waals surface area contributed by atoms with E-state index < -0.39 is 23.5 Å². The maximum atomic E-state index is 12.7. The number of hydrazine groups is 1. The number of nitrogens with one attached hydrogen (secondary N) is 3. The SMILES string of the molecule is CN(CCC(=O)NNC(=O)c1cccnc1Nc1ccc(OC(F)(F)Cl)cc1)C(=O)O. The number of ether oxygens (including phenoxy) is 1. The van der Waals surface area contributed by atoms with Gasteiger partial charge in [-0.3, -0.25) is 20.4 Å². The minimum Gasteiger partial charge on any atom is -0.465 e. The molecule has 3 amide bonds. The predicted molar refractivity (Wildman–Crippen MR) is 106 cm³/mol. The van der Waals surface area contributed by atoms with Crippen LogP contribution in [0.5, 0.6) is 5.75 Å². The fourth-order valence-electron chi connectivity index (χ4n) is 2.19. The van der Waals surface area contributed by atoms with Crippen LogP contribution in [0.3, 0.4) is 0 Å². The largest absolute Gasteiger partial charge is 0.487 e. The summed E-state index contributed by atoms with van der Waals surface area (Å²) in [6, 6.07) is 8.26. The molecule has 0 aliphatic heterocycles. The number of carbonyl (C=O) groups is 3. The number of rotatable bonds is 8. The Morgan fingerprint density at radius 1 is 1.19 bits per heavy atom. The molecule has 10 nitrogen and oxygen atoms in total. The molecule has 2 aromatic rings. The Balaban J connectivity index is 1.97. The molecule has 0 saturated heterocycles. The van der Waals surface area contributed by atoms with E-state index in [4.69, 9.17) is 16.7 Å². The molecule has 0 unspecified atom stereocenters. The van der Waals surface area contributed by atoms with Crippen LogP contribution in [0.15, 0.2) is 42.6 Å². The molecule has 0 spiro atoms. The van der Waals surface area contributed by atoms with Gasteiger partial charge in [0.05, 0.1) is 5.56 Å². The molecular weight excluding hydrogens is 440 g/mol. The van der Waals surface area contributed by atoms with Crippen LogP contribution >= 0.6 is 11.6 Å². The van der Waals surface area contributed by atoms with Gasteiger partial charge in [-0.1, -0.05) is 0 Å². The first-order valence-corrected chi connectivity index (χ1v) is 9.04. The smallest absolute Gasteiger partial charge is 0.465 e.